The second-order valence-electron chi connectivity index (χ2n) is 11.0. The lowest BCUT2D eigenvalue weighted by Crippen LogP contribution is -1.98. The second-order valence-corrected chi connectivity index (χ2v) is 11.0. The van der Waals surface area contributed by atoms with Crippen molar-refractivity contribution in [1.29, 1.82) is 0 Å². The molecule has 0 saturated carbocycles. The van der Waals surface area contributed by atoms with Gasteiger partial charge >= 0.3 is 0 Å². The molecule has 0 spiro atoms. The number of hydrogen-bond acceptors (Lipinski definition) is 1. The van der Waals surface area contributed by atoms with E-state index in [0.717, 1.165) is 12.8 Å². The van der Waals surface area contributed by atoms with Crippen LogP contribution >= 0.6 is 0 Å². The van der Waals surface area contributed by atoms with Gasteiger partial charge in [0.05, 0.1) is 6.10 Å². The van der Waals surface area contributed by atoms with Crippen molar-refractivity contribution < 1.29 is 5.11 Å². The molecular weight excluding hydrogens is 400 g/mol. The average Bonchev–Trinajstić information content (AvgIpc) is 2.80. The fourth-order valence-electron chi connectivity index (χ4n) is 5.05. The summed E-state index contributed by atoms with van der Waals surface area (Å²) in [5.41, 5.74) is 0. The molecule has 0 aliphatic carbocycles. The molecule has 0 rings (SSSR count). The van der Waals surface area contributed by atoms with Crippen LogP contribution in [0.4, 0.5) is 0 Å². The number of aliphatic hydroxyl groups is 1. The molecule has 199 valence electrons. The molecule has 0 heterocycles. The highest BCUT2D eigenvalue weighted by Gasteiger charge is 1.97. The van der Waals surface area contributed by atoms with Crippen LogP contribution in [-0.2, 0) is 0 Å². The SMILES string of the molecule is [CH2]C(O)CCCCCCCCCCCCCCCCCCCCCCCCCCCCCC. The van der Waals surface area contributed by atoms with E-state index in [1.54, 1.807) is 0 Å². The van der Waals surface area contributed by atoms with Crippen LogP contribution in [0.25, 0.3) is 0 Å². The van der Waals surface area contributed by atoms with Gasteiger partial charge in [-0.25, -0.2) is 0 Å². The predicted octanol–water partition coefficient (Wildman–Crippen LogP) is 11.5. The minimum Gasteiger partial charge on any atom is -0.393 e. The third-order valence-corrected chi connectivity index (χ3v) is 7.39. The lowest BCUT2D eigenvalue weighted by molar-refractivity contribution is 0.205. The molecule has 0 aliphatic rings. The van der Waals surface area contributed by atoms with Gasteiger partial charge in [-0.15, -0.1) is 0 Å². The number of rotatable bonds is 29. The summed E-state index contributed by atoms with van der Waals surface area (Å²) in [7, 11) is 0. The molecular formula is C32H65O. The van der Waals surface area contributed by atoms with Crippen molar-refractivity contribution in [2.24, 2.45) is 0 Å². The smallest absolute Gasteiger partial charge is 0.0541 e. The van der Waals surface area contributed by atoms with Gasteiger partial charge in [0.15, 0.2) is 0 Å². The Hall–Kier alpha value is -0.0400. The molecule has 1 nitrogen and oxygen atoms in total. The second kappa shape index (κ2) is 30.0. The van der Waals surface area contributed by atoms with Crippen LogP contribution in [0.1, 0.15) is 193 Å². The Morgan fingerprint density at radius 2 is 0.545 bits per heavy atom. The third kappa shape index (κ3) is 32.0. The van der Waals surface area contributed by atoms with E-state index >= 15 is 0 Å². The van der Waals surface area contributed by atoms with Gasteiger partial charge in [-0.05, 0) is 13.3 Å². The van der Waals surface area contributed by atoms with Crippen LogP contribution in [0.15, 0.2) is 0 Å². The zero-order valence-corrected chi connectivity index (χ0v) is 23.2. The first kappa shape index (κ1) is 33.0. The standard InChI is InChI=1S/C32H65O/c1-3-4-5-6-7-8-9-10-11-12-13-14-15-16-17-18-19-20-21-22-23-24-25-26-27-28-29-30-31-32(2)33/h32-33H,2-31H2,1H3. The van der Waals surface area contributed by atoms with Crippen LogP contribution in [0.2, 0.25) is 0 Å². The zero-order chi connectivity index (χ0) is 24.1. The van der Waals surface area contributed by atoms with Gasteiger partial charge in [0, 0.05) is 0 Å². The number of aliphatic hydroxyl groups excluding tert-OH is 1. The van der Waals surface area contributed by atoms with E-state index in [2.05, 4.69) is 13.8 Å². The van der Waals surface area contributed by atoms with E-state index in [4.69, 9.17) is 5.11 Å². The summed E-state index contributed by atoms with van der Waals surface area (Å²) in [6, 6.07) is 0. The molecule has 33 heavy (non-hydrogen) atoms. The van der Waals surface area contributed by atoms with Crippen molar-refractivity contribution in [3.05, 3.63) is 6.92 Å². The molecule has 0 fully saturated rings. The van der Waals surface area contributed by atoms with E-state index in [1.807, 2.05) is 0 Å². The van der Waals surface area contributed by atoms with E-state index in [9.17, 15) is 0 Å². The Labute approximate surface area is 211 Å². The minimum atomic E-state index is -0.353. The van der Waals surface area contributed by atoms with Gasteiger partial charge in [0.1, 0.15) is 0 Å². The molecule has 0 aromatic rings. The topological polar surface area (TPSA) is 20.2 Å². The highest BCUT2D eigenvalue weighted by molar-refractivity contribution is 4.57. The molecule has 0 aliphatic heterocycles. The van der Waals surface area contributed by atoms with Crippen LogP contribution in [0, 0.1) is 6.92 Å². The average molecular weight is 466 g/mol. The van der Waals surface area contributed by atoms with Crippen LogP contribution in [0.5, 0.6) is 0 Å². The highest BCUT2D eigenvalue weighted by atomic mass is 16.3. The molecule has 1 unspecified atom stereocenters. The first-order valence-electron chi connectivity index (χ1n) is 15.8. The van der Waals surface area contributed by atoms with Gasteiger partial charge in [-0.3, -0.25) is 0 Å². The van der Waals surface area contributed by atoms with Crippen LogP contribution < -0.4 is 0 Å². The highest BCUT2D eigenvalue weighted by Crippen LogP contribution is 2.16. The van der Waals surface area contributed by atoms with Crippen LogP contribution in [-0.4, -0.2) is 11.2 Å². The summed E-state index contributed by atoms with van der Waals surface area (Å²) in [6.07, 6.45) is 40.8. The summed E-state index contributed by atoms with van der Waals surface area (Å²) in [5.74, 6) is 0. The molecule has 1 radical (unpaired) electrons. The van der Waals surface area contributed by atoms with Gasteiger partial charge in [0.2, 0.25) is 0 Å². The maximum atomic E-state index is 9.14. The monoisotopic (exact) mass is 466 g/mol. The lowest BCUT2D eigenvalue weighted by Gasteiger charge is -2.05. The van der Waals surface area contributed by atoms with Crippen molar-refractivity contribution >= 4 is 0 Å². The molecule has 0 aromatic heterocycles. The lowest BCUT2D eigenvalue weighted by atomic mass is 10.0. The largest absolute Gasteiger partial charge is 0.393 e. The van der Waals surface area contributed by atoms with Crippen molar-refractivity contribution in [3.8, 4) is 0 Å². The molecule has 0 aromatic carbocycles. The van der Waals surface area contributed by atoms with E-state index in [0.29, 0.717) is 0 Å². The van der Waals surface area contributed by atoms with Crippen molar-refractivity contribution in [1.82, 2.24) is 0 Å². The summed E-state index contributed by atoms with van der Waals surface area (Å²) < 4.78 is 0. The summed E-state index contributed by atoms with van der Waals surface area (Å²) in [4.78, 5) is 0. The molecule has 0 amide bonds. The summed E-state index contributed by atoms with van der Waals surface area (Å²) in [5, 5.41) is 9.14. The Bertz CT molecular complexity index is 324. The normalized spacial score (nSPS) is 12.5. The first-order chi connectivity index (χ1) is 16.3. The van der Waals surface area contributed by atoms with Crippen LogP contribution in [0.3, 0.4) is 0 Å². The quantitative estimate of drug-likeness (QED) is 0.109. The minimum absolute atomic E-state index is 0.353. The summed E-state index contributed by atoms with van der Waals surface area (Å²) in [6.45, 7) is 5.93. The Balaban J connectivity index is 3.00. The molecule has 0 saturated heterocycles. The van der Waals surface area contributed by atoms with Crippen molar-refractivity contribution in [2.45, 2.75) is 199 Å². The van der Waals surface area contributed by atoms with Crippen molar-refractivity contribution in [2.75, 3.05) is 0 Å². The fourth-order valence-corrected chi connectivity index (χ4v) is 5.05. The van der Waals surface area contributed by atoms with Gasteiger partial charge in [-0.1, -0.05) is 187 Å². The fraction of sp³-hybridized carbons (Fsp3) is 0.969. The van der Waals surface area contributed by atoms with Crippen molar-refractivity contribution in [3.63, 3.8) is 0 Å². The van der Waals surface area contributed by atoms with Gasteiger partial charge < -0.3 is 5.11 Å². The molecule has 0 bridgehead atoms. The third-order valence-electron chi connectivity index (χ3n) is 7.39. The number of hydrogen-bond donors (Lipinski definition) is 1. The van der Waals surface area contributed by atoms with E-state index in [1.165, 1.54) is 173 Å². The van der Waals surface area contributed by atoms with E-state index < -0.39 is 0 Å². The van der Waals surface area contributed by atoms with Gasteiger partial charge in [0.25, 0.3) is 0 Å². The Morgan fingerprint density at radius 3 is 0.727 bits per heavy atom. The molecule has 1 heteroatoms. The zero-order valence-electron chi connectivity index (χ0n) is 23.2. The number of unbranched alkanes of at least 4 members (excludes halogenated alkanes) is 27. The van der Waals surface area contributed by atoms with Gasteiger partial charge in [-0.2, -0.15) is 0 Å². The Morgan fingerprint density at radius 1 is 0.364 bits per heavy atom. The Kier molecular flexibility index (Phi) is 30.0. The summed E-state index contributed by atoms with van der Waals surface area (Å²) >= 11 is 0. The van der Waals surface area contributed by atoms with E-state index in [-0.39, 0.29) is 6.10 Å². The maximum Gasteiger partial charge on any atom is 0.0541 e. The predicted molar refractivity (Wildman–Crippen MR) is 151 cm³/mol. The molecule has 1 N–H and O–H groups in total. The molecule has 1 atom stereocenters. The maximum absolute atomic E-state index is 9.14. The first-order valence-corrected chi connectivity index (χ1v) is 15.8.